The van der Waals surface area contributed by atoms with Crippen molar-refractivity contribution in [2.75, 3.05) is 6.54 Å². The van der Waals surface area contributed by atoms with E-state index in [1.54, 1.807) is 17.1 Å². The summed E-state index contributed by atoms with van der Waals surface area (Å²) in [5.74, 6) is 1.75. The highest BCUT2D eigenvalue weighted by Crippen LogP contribution is 2.16. The van der Waals surface area contributed by atoms with Crippen molar-refractivity contribution in [3.05, 3.63) is 30.2 Å². The number of nitrogens with one attached hydrogen (secondary N) is 1. The largest absolute Gasteiger partial charge is 0.434 e. The number of rotatable bonds is 6. The van der Waals surface area contributed by atoms with Gasteiger partial charge in [-0.2, -0.15) is 10.2 Å². The average molecular weight is 261 g/mol. The van der Waals surface area contributed by atoms with Crippen LogP contribution in [0.2, 0.25) is 0 Å². The summed E-state index contributed by atoms with van der Waals surface area (Å²) in [6, 6.07) is 3.72. The van der Waals surface area contributed by atoms with Crippen molar-refractivity contribution in [2.45, 2.75) is 20.4 Å². The van der Waals surface area contributed by atoms with Crippen molar-refractivity contribution < 1.29 is 4.74 Å². The summed E-state index contributed by atoms with van der Waals surface area (Å²) in [5, 5.41) is 15.5. The Labute approximate surface area is 112 Å². The first-order valence-corrected chi connectivity index (χ1v) is 6.33. The zero-order valence-electron chi connectivity index (χ0n) is 11.5. The molecule has 6 heteroatoms. The zero-order valence-corrected chi connectivity index (χ0v) is 11.5. The van der Waals surface area contributed by atoms with Gasteiger partial charge in [0, 0.05) is 19.7 Å². The molecular formula is C13H19N5O. The third kappa shape index (κ3) is 4.33. The maximum atomic E-state index is 5.52. The van der Waals surface area contributed by atoms with Crippen molar-refractivity contribution >= 4 is 0 Å². The van der Waals surface area contributed by atoms with Gasteiger partial charge in [0.25, 0.3) is 0 Å². The summed E-state index contributed by atoms with van der Waals surface area (Å²) in [7, 11) is 1.84. The summed E-state index contributed by atoms with van der Waals surface area (Å²) >= 11 is 0. The molecule has 0 fully saturated rings. The Hall–Kier alpha value is -1.95. The van der Waals surface area contributed by atoms with Gasteiger partial charge >= 0.3 is 0 Å². The van der Waals surface area contributed by atoms with Gasteiger partial charge < -0.3 is 10.1 Å². The van der Waals surface area contributed by atoms with E-state index >= 15 is 0 Å². The van der Waals surface area contributed by atoms with E-state index in [1.807, 2.05) is 19.2 Å². The van der Waals surface area contributed by atoms with Crippen LogP contribution >= 0.6 is 0 Å². The molecule has 6 nitrogen and oxygen atoms in total. The fourth-order valence-electron chi connectivity index (χ4n) is 1.56. The van der Waals surface area contributed by atoms with Crippen LogP contribution in [0.3, 0.4) is 0 Å². The van der Waals surface area contributed by atoms with Crippen LogP contribution in [0.4, 0.5) is 0 Å². The molecule has 0 saturated carbocycles. The van der Waals surface area contributed by atoms with Crippen LogP contribution in [-0.4, -0.2) is 26.5 Å². The Morgan fingerprint density at radius 2 is 2.16 bits per heavy atom. The van der Waals surface area contributed by atoms with Gasteiger partial charge in [-0.1, -0.05) is 13.8 Å². The Morgan fingerprint density at radius 1 is 1.32 bits per heavy atom. The summed E-state index contributed by atoms with van der Waals surface area (Å²) in [6.07, 6.45) is 3.42. The highest BCUT2D eigenvalue weighted by molar-refractivity contribution is 5.21. The minimum Gasteiger partial charge on any atom is -0.434 e. The van der Waals surface area contributed by atoms with E-state index in [2.05, 4.69) is 34.5 Å². The van der Waals surface area contributed by atoms with Crippen molar-refractivity contribution in [1.82, 2.24) is 25.3 Å². The predicted octanol–water partition coefficient (Wildman–Crippen LogP) is 1.75. The Morgan fingerprint density at radius 3 is 2.74 bits per heavy atom. The molecule has 2 aromatic rings. The first-order chi connectivity index (χ1) is 9.13. The first-order valence-electron chi connectivity index (χ1n) is 6.33. The lowest BCUT2D eigenvalue weighted by atomic mass is 10.2. The molecule has 0 amide bonds. The third-order valence-corrected chi connectivity index (χ3v) is 2.46. The predicted molar refractivity (Wildman–Crippen MR) is 71.9 cm³/mol. The topological polar surface area (TPSA) is 64.9 Å². The van der Waals surface area contributed by atoms with Crippen LogP contribution in [0.15, 0.2) is 24.5 Å². The number of hydrogen-bond donors (Lipinski definition) is 1. The number of nitrogens with zero attached hydrogens (tertiary/aromatic N) is 4. The Balaban J connectivity index is 1.87. The number of aryl methyl sites for hydroxylation is 1. The maximum Gasteiger partial charge on any atom is 0.239 e. The molecule has 0 aliphatic rings. The second kappa shape index (κ2) is 6.29. The second-order valence-electron chi connectivity index (χ2n) is 4.84. The van der Waals surface area contributed by atoms with Gasteiger partial charge in [-0.3, -0.25) is 4.68 Å². The van der Waals surface area contributed by atoms with Crippen LogP contribution in [0.1, 0.15) is 19.5 Å². The average Bonchev–Trinajstić information content (AvgIpc) is 2.77. The quantitative estimate of drug-likeness (QED) is 0.858. The van der Waals surface area contributed by atoms with E-state index < -0.39 is 0 Å². The maximum absolute atomic E-state index is 5.52. The minimum absolute atomic E-state index is 0.473. The molecule has 19 heavy (non-hydrogen) atoms. The molecule has 0 radical (unpaired) electrons. The molecule has 2 heterocycles. The van der Waals surface area contributed by atoms with Crippen molar-refractivity contribution in [2.24, 2.45) is 13.0 Å². The molecular weight excluding hydrogens is 242 g/mol. The molecule has 102 valence electrons. The number of hydrogen-bond acceptors (Lipinski definition) is 5. The zero-order chi connectivity index (χ0) is 13.7. The second-order valence-corrected chi connectivity index (χ2v) is 4.84. The van der Waals surface area contributed by atoms with Gasteiger partial charge in [0.1, 0.15) is 0 Å². The summed E-state index contributed by atoms with van der Waals surface area (Å²) in [4.78, 5) is 0. The van der Waals surface area contributed by atoms with Crippen LogP contribution in [-0.2, 0) is 13.6 Å². The highest BCUT2D eigenvalue weighted by Gasteiger charge is 2.02. The molecule has 2 rings (SSSR count). The van der Waals surface area contributed by atoms with Gasteiger partial charge in [0.2, 0.25) is 5.88 Å². The lowest BCUT2D eigenvalue weighted by Crippen LogP contribution is -2.19. The van der Waals surface area contributed by atoms with Crippen molar-refractivity contribution in [1.29, 1.82) is 0 Å². The van der Waals surface area contributed by atoms with Gasteiger partial charge in [-0.05, 0) is 18.5 Å². The molecule has 0 saturated heterocycles. The van der Waals surface area contributed by atoms with E-state index in [1.165, 1.54) is 0 Å². The molecule has 2 aromatic heterocycles. The Kier molecular flexibility index (Phi) is 4.46. The molecule has 0 aliphatic carbocycles. The standard InChI is InChI=1S/C13H19N5O/c1-10(2)6-14-7-11-4-5-13(17-16-11)19-12-8-15-18(3)9-12/h4-5,8-10,14H,6-7H2,1-3H3. The third-order valence-electron chi connectivity index (χ3n) is 2.46. The van der Waals surface area contributed by atoms with Gasteiger partial charge in [-0.25, -0.2) is 0 Å². The normalized spacial score (nSPS) is 10.9. The number of aromatic nitrogens is 4. The van der Waals surface area contributed by atoms with Crippen LogP contribution in [0.25, 0.3) is 0 Å². The summed E-state index contributed by atoms with van der Waals surface area (Å²) in [5.41, 5.74) is 0.902. The molecule has 0 spiro atoms. The van der Waals surface area contributed by atoms with E-state index in [0.29, 0.717) is 17.5 Å². The monoisotopic (exact) mass is 261 g/mol. The fourth-order valence-corrected chi connectivity index (χ4v) is 1.56. The van der Waals surface area contributed by atoms with Gasteiger partial charge in [0.05, 0.1) is 18.1 Å². The van der Waals surface area contributed by atoms with E-state index in [9.17, 15) is 0 Å². The lowest BCUT2D eigenvalue weighted by Gasteiger charge is -2.06. The van der Waals surface area contributed by atoms with E-state index in [4.69, 9.17) is 4.74 Å². The van der Waals surface area contributed by atoms with E-state index in [-0.39, 0.29) is 0 Å². The Bertz CT molecular complexity index is 506. The van der Waals surface area contributed by atoms with Crippen LogP contribution < -0.4 is 10.1 Å². The lowest BCUT2D eigenvalue weighted by molar-refractivity contribution is 0.452. The molecule has 0 atom stereocenters. The van der Waals surface area contributed by atoms with Crippen LogP contribution in [0.5, 0.6) is 11.6 Å². The van der Waals surface area contributed by atoms with Gasteiger partial charge in [0.15, 0.2) is 5.75 Å². The fraction of sp³-hybridized carbons (Fsp3) is 0.462. The molecule has 1 N–H and O–H groups in total. The first kappa shape index (κ1) is 13.5. The van der Waals surface area contributed by atoms with Crippen molar-refractivity contribution in [3.8, 4) is 11.6 Å². The van der Waals surface area contributed by atoms with Crippen molar-refractivity contribution in [3.63, 3.8) is 0 Å². The smallest absolute Gasteiger partial charge is 0.239 e. The van der Waals surface area contributed by atoms with Gasteiger partial charge in [-0.15, -0.1) is 5.10 Å². The van der Waals surface area contributed by atoms with E-state index in [0.717, 1.165) is 18.8 Å². The molecule has 0 bridgehead atoms. The SMILES string of the molecule is CC(C)CNCc1ccc(Oc2cnn(C)c2)nn1. The molecule has 0 aromatic carbocycles. The summed E-state index contributed by atoms with van der Waals surface area (Å²) < 4.78 is 7.19. The minimum atomic E-state index is 0.473. The highest BCUT2D eigenvalue weighted by atomic mass is 16.5. The molecule has 0 aliphatic heterocycles. The van der Waals surface area contributed by atoms with Crippen LogP contribution in [0, 0.1) is 5.92 Å². The number of ether oxygens (including phenoxy) is 1. The summed E-state index contributed by atoms with van der Waals surface area (Å²) in [6.45, 7) is 6.03. The molecule has 0 unspecified atom stereocenters.